The van der Waals surface area contributed by atoms with Gasteiger partial charge >= 0.3 is 0 Å². The maximum Gasteiger partial charge on any atom is 0.113 e. The van der Waals surface area contributed by atoms with E-state index in [2.05, 4.69) is 22.4 Å². The predicted octanol–water partition coefficient (Wildman–Crippen LogP) is 2.34. The first-order valence-corrected chi connectivity index (χ1v) is 5.74. The number of nitrogens with zero attached hydrogens (tertiary/aromatic N) is 1. The van der Waals surface area contributed by atoms with Gasteiger partial charge in [0.25, 0.3) is 0 Å². The molecule has 0 fully saturated rings. The van der Waals surface area contributed by atoms with E-state index in [4.69, 9.17) is 4.74 Å². The molecule has 1 aromatic heterocycles. The van der Waals surface area contributed by atoms with Crippen molar-refractivity contribution in [2.24, 2.45) is 0 Å². The van der Waals surface area contributed by atoms with Gasteiger partial charge in [-0.1, -0.05) is 0 Å². The first kappa shape index (κ1) is 11.1. The van der Waals surface area contributed by atoms with E-state index in [-0.39, 0.29) is 6.04 Å². The molecule has 3 nitrogen and oxygen atoms in total. The third-order valence-electron chi connectivity index (χ3n) is 2.79. The zero-order valence-electron chi connectivity index (χ0n) is 9.86. The number of rotatable bonds is 3. The standard InChI is InChI=1S/C13H18N2O/c1-10-9-11(6-7-15-10)13(14-2)12-5-3-4-8-16-12/h5-7,9,13-14H,3-4,8H2,1-2H3. The van der Waals surface area contributed by atoms with Gasteiger partial charge in [0.15, 0.2) is 0 Å². The number of aromatic nitrogens is 1. The Labute approximate surface area is 96.5 Å². The summed E-state index contributed by atoms with van der Waals surface area (Å²) in [6.07, 6.45) is 6.26. The van der Waals surface area contributed by atoms with Crippen LogP contribution in [-0.2, 0) is 4.74 Å². The highest BCUT2D eigenvalue weighted by molar-refractivity contribution is 5.26. The topological polar surface area (TPSA) is 34.1 Å². The Hall–Kier alpha value is -1.35. The van der Waals surface area contributed by atoms with Crippen molar-refractivity contribution in [3.8, 4) is 0 Å². The Kier molecular flexibility index (Phi) is 3.57. The van der Waals surface area contributed by atoms with Crippen LogP contribution >= 0.6 is 0 Å². The molecular weight excluding hydrogens is 200 g/mol. The average molecular weight is 218 g/mol. The summed E-state index contributed by atoms with van der Waals surface area (Å²) in [5.41, 5.74) is 2.25. The summed E-state index contributed by atoms with van der Waals surface area (Å²) in [6.45, 7) is 2.83. The lowest BCUT2D eigenvalue weighted by Crippen LogP contribution is -2.22. The molecule has 0 amide bonds. The van der Waals surface area contributed by atoms with Crippen molar-refractivity contribution < 1.29 is 4.74 Å². The summed E-state index contributed by atoms with van der Waals surface area (Å²) in [4.78, 5) is 4.21. The summed E-state index contributed by atoms with van der Waals surface area (Å²) < 4.78 is 5.70. The molecule has 2 rings (SSSR count). The van der Waals surface area contributed by atoms with Crippen LogP contribution in [0.2, 0.25) is 0 Å². The van der Waals surface area contributed by atoms with Crippen LogP contribution in [0.1, 0.15) is 30.1 Å². The molecule has 0 saturated heterocycles. The molecule has 1 aromatic rings. The van der Waals surface area contributed by atoms with Crippen LogP contribution in [0.3, 0.4) is 0 Å². The van der Waals surface area contributed by atoms with Gasteiger partial charge in [0.2, 0.25) is 0 Å². The maximum absolute atomic E-state index is 5.70. The van der Waals surface area contributed by atoms with E-state index in [0.29, 0.717) is 0 Å². The molecule has 3 heteroatoms. The van der Waals surface area contributed by atoms with Crippen LogP contribution in [0.5, 0.6) is 0 Å². The molecule has 1 atom stereocenters. The zero-order valence-corrected chi connectivity index (χ0v) is 9.86. The molecular formula is C13H18N2O. The summed E-state index contributed by atoms with van der Waals surface area (Å²) in [5.74, 6) is 1.04. The van der Waals surface area contributed by atoms with E-state index in [9.17, 15) is 0 Å². The van der Waals surface area contributed by atoms with E-state index >= 15 is 0 Å². The van der Waals surface area contributed by atoms with Crippen molar-refractivity contribution in [1.29, 1.82) is 0 Å². The van der Waals surface area contributed by atoms with Crippen LogP contribution in [0.4, 0.5) is 0 Å². The van der Waals surface area contributed by atoms with Crippen molar-refractivity contribution >= 4 is 0 Å². The molecule has 0 bridgehead atoms. The van der Waals surface area contributed by atoms with Gasteiger partial charge in [0, 0.05) is 11.9 Å². The van der Waals surface area contributed by atoms with Crippen molar-refractivity contribution in [2.75, 3.05) is 13.7 Å². The van der Waals surface area contributed by atoms with Crippen LogP contribution in [0.25, 0.3) is 0 Å². The van der Waals surface area contributed by atoms with E-state index < -0.39 is 0 Å². The van der Waals surface area contributed by atoms with E-state index in [1.165, 1.54) is 5.56 Å². The third-order valence-corrected chi connectivity index (χ3v) is 2.79. The van der Waals surface area contributed by atoms with Crippen molar-refractivity contribution in [3.63, 3.8) is 0 Å². The van der Waals surface area contributed by atoms with Crippen molar-refractivity contribution in [2.45, 2.75) is 25.8 Å². The second kappa shape index (κ2) is 5.12. The second-order valence-corrected chi connectivity index (χ2v) is 4.05. The first-order chi connectivity index (χ1) is 7.81. The maximum atomic E-state index is 5.70. The fraction of sp³-hybridized carbons (Fsp3) is 0.462. The van der Waals surface area contributed by atoms with Crippen LogP contribution in [0, 0.1) is 6.92 Å². The van der Waals surface area contributed by atoms with Gasteiger partial charge in [0.05, 0.1) is 12.6 Å². The Bertz CT molecular complexity index is 387. The largest absolute Gasteiger partial charge is 0.496 e. The molecule has 0 aromatic carbocycles. The zero-order chi connectivity index (χ0) is 11.4. The Morgan fingerprint density at radius 3 is 3.00 bits per heavy atom. The number of ether oxygens (including phenoxy) is 1. The smallest absolute Gasteiger partial charge is 0.113 e. The van der Waals surface area contributed by atoms with Crippen molar-refractivity contribution in [1.82, 2.24) is 10.3 Å². The molecule has 0 saturated carbocycles. The van der Waals surface area contributed by atoms with Gasteiger partial charge in [0.1, 0.15) is 5.76 Å². The molecule has 16 heavy (non-hydrogen) atoms. The lowest BCUT2D eigenvalue weighted by atomic mass is 10.0. The van der Waals surface area contributed by atoms with E-state index in [1.54, 1.807) is 0 Å². The molecule has 0 spiro atoms. The van der Waals surface area contributed by atoms with Crippen molar-refractivity contribution in [3.05, 3.63) is 41.4 Å². The molecule has 1 N–H and O–H groups in total. The molecule has 1 unspecified atom stereocenters. The molecule has 1 aliphatic heterocycles. The quantitative estimate of drug-likeness (QED) is 0.845. The fourth-order valence-electron chi connectivity index (χ4n) is 2.00. The lowest BCUT2D eigenvalue weighted by Gasteiger charge is -2.23. The lowest BCUT2D eigenvalue weighted by molar-refractivity contribution is 0.169. The summed E-state index contributed by atoms with van der Waals surface area (Å²) in [6, 6.07) is 4.29. The molecule has 1 aliphatic rings. The summed E-state index contributed by atoms with van der Waals surface area (Å²) in [5, 5.41) is 3.29. The third kappa shape index (κ3) is 2.42. The van der Waals surface area contributed by atoms with Gasteiger partial charge in [-0.2, -0.15) is 0 Å². The molecule has 86 valence electrons. The van der Waals surface area contributed by atoms with Gasteiger partial charge in [-0.3, -0.25) is 4.98 Å². The van der Waals surface area contributed by atoms with E-state index in [0.717, 1.165) is 30.9 Å². The average Bonchev–Trinajstić information content (AvgIpc) is 2.31. The summed E-state index contributed by atoms with van der Waals surface area (Å²) >= 11 is 0. The molecule has 2 heterocycles. The predicted molar refractivity (Wildman–Crippen MR) is 64.0 cm³/mol. The number of hydrogen-bond donors (Lipinski definition) is 1. The normalized spacial score (nSPS) is 17.5. The molecule has 0 aliphatic carbocycles. The Morgan fingerprint density at radius 1 is 1.50 bits per heavy atom. The van der Waals surface area contributed by atoms with Gasteiger partial charge in [-0.05, 0) is 50.6 Å². The SMILES string of the molecule is CNC(C1=CCCCO1)c1ccnc(C)c1. The highest BCUT2D eigenvalue weighted by Gasteiger charge is 2.18. The van der Waals surface area contributed by atoms with Crippen LogP contribution < -0.4 is 5.32 Å². The Morgan fingerprint density at radius 2 is 2.38 bits per heavy atom. The number of nitrogens with one attached hydrogen (secondary N) is 1. The van der Waals surface area contributed by atoms with Gasteiger partial charge in [-0.25, -0.2) is 0 Å². The highest BCUT2D eigenvalue weighted by atomic mass is 16.5. The minimum atomic E-state index is 0.155. The van der Waals surface area contributed by atoms with Gasteiger partial charge in [-0.15, -0.1) is 0 Å². The molecule has 0 radical (unpaired) electrons. The Balaban J connectivity index is 2.25. The number of aryl methyl sites for hydroxylation is 1. The van der Waals surface area contributed by atoms with Gasteiger partial charge < -0.3 is 10.1 Å². The minimum Gasteiger partial charge on any atom is -0.496 e. The van der Waals surface area contributed by atoms with Crippen LogP contribution in [0.15, 0.2) is 30.2 Å². The number of likely N-dealkylation sites (N-methyl/N-ethyl adjacent to an activating group) is 1. The highest BCUT2D eigenvalue weighted by Crippen LogP contribution is 2.25. The minimum absolute atomic E-state index is 0.155. The number of pyridine rings is 1. The second-order valence-electron chi connectivity index (χ2n) is 4.05. The number of allylic oxidation sites excluding steroid dienone is 1. The summed E-state index contributed by atoms with van der Waals surface area (Å²) in [7, 11) is 1.96. The first-order valence-electron chi connectivity index (χ1n) is 5.74. The monoisotopic (exact) mass is 218 g/mol. The van der Waals surface area contributed by atoms with Crippen LogP contribution in [-0.4, -0.2) is 18.6 Å². The number of hydrogen-bond acceptors (Lipinski definition) is 3. The fourth-order valence-corrected chi connectivity index (χ4v) is 2.00. The van der Waals surface area contributed by atoms with E-state index in [1.807, 2.05) is 26.2 Å².